The first kappa shape index (κ1) is 17.5. The average Bonchev–Trinajstić information content (AvgIpc) is 2.24. The monoisotopic (exact) mass is 312 g/mol. The molecule has 0 saturated carbocycles. The summed E-state index contributed by atoms with van der Waals surface area (Å²) in [5.41, 5.74) is -0.0493. The maximum absolute atomic E-state index is 12.5. The zero-order valence-corrected chi connectivity index (χ0v) is 11.3. The van der Waals surface area contributed by atoms with Gasteiger partial charge in [-0.3, -0.25) is 4.79 Å². The minimum Gasteiger partial charge on any atom is -0.293 e. The van der Waals surface area contributed by atoms with Gasteiger partial charge in [0.2, 0.25) is 5.92 Å². The first-order valence-corrected chi connectivity index (χ1v) is 6.19. The van der Waals surface area contributed by atoms with Gasteiger partial charge in [0.1, 0.15) is 0 Å². The highest BCUT2D eigenvalue weighted by molar-refractivity contribution is 5.99. The summed E-state index contributed by atoms with van der Waals surface area (Å²) in [6.07, 6.45) is -10.9. The summed E-state index contributed by atoms with van der Waals surface area (Å²) in [6, 6.07) is 4.91. The summed E-state index contributed by atoms with van der Waals surface area (Å²) < 4.78 is 75.1. The molecule has 0 heterocycles. The van der Waals surface area contributed by atoms with E-state index in [0.717, 1.165) is 12.1 Å². The van der Waals surface area contributed by atoms with E-state index in [-0.39, 0.29) is 5.92 Å². The van der Waals surface area contributed by atoms with Crippen molar-refractivity contribution in [1.82, 2.24) is 0 Å². The van der Waals surface area contributed by atoms with Crippen molar-refractivity contribution < 1.29 is 31.1 Å². The normalized spacial score (nSPS) is 13.0. The third-order valence-corrected chi connectivity index (χ3v) is 2.77. The van der Waals surface area contributed by atoms with Crippen LogP contribution in [0.3, 0.4) is 0 Å². The number of halogens is 6. The van der Waals surface area contributed by atoms with E-state index in [0.29, 0.717) is 12.0 Å². The van der Waals surface area contributed by atoms with Crippen molar-refractivity contribution in [3.8, 4) is 0 Å². The molecule has 1 nitrogen and oxygen atoms in total. The van der Waals surface area contributed by atoms with Gasteiger partial charge in [-0.2, -0.15) is 26.3 Å². The largest absolute Gasteiger partial charge is 0.407 e. The van der Waals surface area contributed by atoms with E-state index in [1.165, 1.54) is 6.07 Å². The number of carbonyl (C=O) groups is 1. The fourth-order valence-electron chi connectivity index (χ4n) is 1.97. The third kappa shape index (κ3) is 4.75. The van der Waals surface area contributed by atoms with Crippen molar-refractivity contribution >= 4 is 5.78 Å². The van der Waals surface area contributed by atoms with Crippen molar-refractivity contribution in [3.05, 3.63) is 35.4 Å². The molecular weight excluding hydrogens is 298 g/mol. The Hall–Kier alpha value is -1.53. The topological polar surface area (TPSA) is 17.1 Å². The van der Waals surface area contributed by atoms with Gasteiger partial charge in [-0.05, 0) is 24.0 Å². The van der Waals surface area contributed by atoms with E-state index in [4.69, 9.17) is 0 Å². The van der Waals surface area contributed by atoms with Gasteiger partial charge in [0.25, 0.3) is 0 Å². The first-order valence-electron chi connectivity index (χ1n) is 6.19. The first-order chi connectivity index (χ1) is 9.43. The fraction of sp³-hybridized carbons (Fsp3) is 0.500. The Morgan fingerprint density at radius 2 is 1.57 bits per heavy atom. The lowest BCUT2D eigenvalue weighted by Crippen LogP contribution is -2.42. The Morgan fingerprint density at radius 3 is 2.00 bits per heavy atom. The second-order valence-electron chi connectivity index (χ2n) is 5.18. The standard InChI is InChI=1S/C14H14F6O/c1-8(2)6-9-4-3-5-10(7-9)11(21)12(13(15,16)17)14(18,19)20/h3-5,7-8,12H,6H2,1-2H3. The highest BCUT2D eigenvalue weighted by Gasteiger charge is 2.60. The van der Waals surface area contributed by atoms with Crippen LogP contribution in [0.5, 0.6) is 0 Å². The number of hydrogen-bond acceptors (Lipinski definition) is 1. The molecule has 1 aromatic rings. The number of hydrogen-bond donors (Lipinski definition) is 0. The molecule has 0 aliphatic carbocycles. The quantitative estimate of drug-likeness (QED) is 0.576. The van der Waals surface area contributed by atoms with Gasteiger partial charge >= 0.3 is 12.4 Å². The van der Waals surface area contributed by atoms with Gasteiger partial charge in [-0.15, -0.1) is 0 Å². The minimum atomic E-state index is -5.66. The average molecular weight is 312 g/mol. The molecule has 0 unspecified atom stereocenters. The lowest BCUT2D eigenvalue weighted by molar-refractivity contribution is -0.264. The van der Waals surface area contributed by atoms with Gasteiger partial charge in [0.05, 0.1) is 0 Å². The number of Topliss-reactive ketones (excluding diaryl/α,β-unsaturated/α-hetero) is 1. The number of carbonyl (C=O) groups excluding carboxylic acids is 1. The smallest absolute Gasteiger partial charge is 0.293 e. The summed E-state index contributed by atoms with van der Waals surface area (Å²) in [4.78, 5) is 11.6. The summed E-state index contributed by atoms with van der Waals surface area (Å²) in [5.74, 6) is -5.80. The molecule has 0 amide bonds. The summed E-state index contributed by atoms with van der Waals surface area (Å²) in [5, 5.41) is 0. The molecule has 0 bridgehead atoms. The SMILES string of the molecule is CC(C)Cc1cccc(C(=O)C(C(F)(F)F)C(F)(F)F)c1. The summed E-state index contributed by atoms with van der Waals surface area (Å²) in [7, 11) is 0. The van der Waals surface area contributed by atoms with E-state index in [1.54, 1.807) is 6.07 Å². The molecule has 0 fully saturated rings. The maximum Gasteiger partial charge on any atom is 0.407 e. The lowest BCUT2D eigenvalue weighted by atomic mass is 9.93. The number of benzene rings is 1. The molecule has 118 valence electrons. The molecule has 1 aromatic carbocycles. The molecule has 0 aliphatic heterocycles. The number of ketones is 1. The highest BCUT2D eigenvalue weighted by atomic mass is 19.4. The highest BCUT2D eigenvalue weighted by Crippen LogP contribution is 2.41. The van der Waals surface area contributed by atoms with Crippen molar-refractivity contribution in [2.24, 2.45) is 11.8 Å². The number of rotatable bonds is 4. The van der Waals surface area contributed by atoms with E-state index in [9.17, 15) is 31.1 Å². The van der Waals surface area contributed by atoms with Crippen molar-refractivity contribution in [2.75, 3.05) is 0 Å². The van der Waals surface area contributed by atoms with Crippen LogP contribution in [0.4, 0.5) is 26.3 Å². The predicted molar refractivity (Wildman–Crippen MR) is 64.9 cm³/mol. The molecule has 0 N–H and O–H groups in total. The zero-order chi connectivity index (χ0) is 16.4. The number of alkyl halides is 6. The maximum atomic E-state index is 12.5. The Balaban J connectivity index is 3.16. The van der Waals surface area contributed by atoms with Crippen molar-refractivity contribution in [1.29, 1.82) is 0 Å². The minimum absolute atomic E-state index is 0.163. The Kier molecular flexibility index (Phi) is 5.07. The molecule has 21 heavy (non-hydrogen) atoms. The lowest BCUT2D eigenvalue weighted by Gasteiger charge is -2.22. The van der Waals surface area contributed by atoms with Crippen LogP contribution in [0, 0.1) is 11.8 Å². The Bertz CT molecular complexity index is 487. The van der Waals surface area contributed by atoms with Gasteiger partial charge < -0.3 is 0 Å². The summed E-state index contributed by atoms with van der Waals surface area (Å²) >= 11 is 0. The van der Waals surface area contributed by atoms with Gasteiger partial charge in [0, 0.05) is 5.56 Å². The Labute approximate surface area is 118 Å². The van der Waals surface area contributed by atoms with Crippen molar-refractivity contribution in [3.63, 3.8) is 0 Å². The van der Waals surface area contributed by atoms with E-state index < -0.39 is 29.6 Å². The molecule has 0 atom stereocenters. The Morgan fingerprint density at radius 1 is 1.05 bits per heavy atom. The van der Waals surface area contributed by atoms with Crippen LogP contribution in [0.2, 0.25) is 0 Å². The predicted octanol–water partition coefficient (Wildman–Crippen LogP) is 4.81. The molecule has 0 aromatic heterocycles. The molecular formula is C14H14F6O. The van der Waals surface area contributed by atoms with Gasteiger partial charge in [0.15, 0.2) is 5.78 Å². The van der Waals surface area contributed by atoms with Gasteiger partial charge in [-0.25, -0.2) is 0 Å². The van der Waals surface area contributed by atoms with Crippen LogP contribution in [0.25, 0.3) is 0 Å². The van der Waals surface area contributed by atoms with Crippen LogP contribution >= 0.6 is 0 Å². The van der Waals surface area contributed by atoms with Crippen LogP contribution in [0.15, 0.2) is 24.3 Å². The summed E-state index contributed by atoms with van der Waals surface area (Å²) in [6.45, 7) is 3.70. The molecule has 0 saturated heterocycles. The third-order valence-electron chi connectivity index (χ3n) is 2.77. The van der Waals surface area contributed by atoms with Crippen molar-refractivity contribution in [2.45, 2.75) is 32.6 Å². The molecule has 0 spiro atoms. The van der Waals surface area contributed by atoms with E-state index >= 15 is 0 Å². The zero-order valence-electron chi connectivity index (χ0n) is 11.3. The van der Waals surface area contributed by atoms with Crippen LogP contribution in [-0.4, -0.2) is 18.1 Å². The van der Waals surface area contributed by atoms with Crippen LogP contribution in [0.1, 0.15) is 29.8 Å². The molecule has 0 aliphatic rings. The second kappa shape index (κ2) is 6.07. The second-order valence-corrected chi connectivity index (χ2v) is 5.18. The molecule has 1 rings (SSSR count). The fourth-order valence-corrected chi connectivity index (χ4v) is 1.97. The van der Waals surface area contributed by atoms with E-state index in [1.807, 2.05) is 13.8 Å². The van der Waals surface area contributed by atoms with Gasteiger partial charge in [-0.1, -0.05) is 32.0 Å². The molecule has 7 heteroatoms. The van der Waals surface area contributed by atoms with E-state index in [2.05, 4.69) is 0 Å². The van der Waals surface area contributed by atoms with Crippen LogP contribution < -0.4 is 0 Å². The molecule has 0 radical (unpaired) electrons. The van der Waals surface area contributed by atoms with Crippen LogP contribution in [-0.2, 0) is 6.42 Å².